The summed E-state index contributed by atoms with van der Waals surface area (Å²) in [5.41, 5.74) is 5.62. The van der Waals surface area contributed by atoms with Gasteiger partial charge in [-0.25, -0.2) is 9.37 Å². The van der Waals surface area contributed by atoms with Gasteiger partial charge in [0.2, 0.25) is 5.88 Å². The van der Waals surface area contributed by atoms with Crippen molar-refractivity contribution in [1.82, 2.24) is 4.98 Å². The Morgan fingerprint density at radius 1 is 1.29 bits per heavy atom. The lowest BCUT2D eigenvalue weighted by molar-refractivity contribution is -0.139. The Morgan fingerprint density at radius 3 is 2.67 bits per heavy atom. The number of hydrogen-bond acceptors (Lipinski definition) is 4. The van der Waals surface area contributed by atoms with Gasteiger partial charge in [0.15, 0.2) is 0 Å². The molecule has 0 spiro atoms. The summed E-state index contributed by atoms with van der Waals surface area (Å²) in [4.78, 5) is 4.02. The summed E-state index contributed by atoms with van der Waals surface area (Å²) in [6.07, 6.45) is -1.86. The lowest BCUT2D eigenvalue weighted by atomic mass is 10.2. The van der Waals surface area contributed by atoms with E-state index < -0.39 is 17.6 Å². The summed E-state index contributed by atoms with van der Waals surface area (Å²) < 4.78 is 56.4. The minimum absolute atomic E-state index is 0.00359. The molecule has 0 radical (unpaired) electrons. The molecule has 3 N–H and O–H groups in total. The van der Waals surface area contributed by atoms with Crippen molar-refractivity contribution in [1.29, 1.82) is 0 Å². The van der Waals surface area contributed by atoms with E-state index in [1.807, 2.05) is 13.0 Å². The molecule has 4 nitrogen and oxygen atoms in total. The molecule has 1 aromatic heterocycles. The van der Waals surface area contributed by atoms with Crippen molar-refractivity contribution in [3.8, 4) is 5.88 Å². The van der Waals surface area contributed by atoms with Gasteiger partial charge in [-0.3, -0.25) is 0 Å². The number of nitrogens with zero attached hydrogens (tertiary/aromatic N) is 1. The number of aromatic nitrogens is 1. The Labute approximate surface area is 136 Å². The summed E-state index contributed by atoms with van der Waals surface area (Å²) >= 11 is 0. The van der Waals surface area contributed by atoms with Crippen LogP contribution < -0.4 is 15.8 Å². The average molecular weight is 341 g/mol. The topological polar surface area (TPSA) is 60.2 Å². The molecule has 1 aromatic carbocycles. The lowest BCUT2D eigenvalue weighted by Gasteiger charge is -2.10. The van der Waals surface area contributed by atoms with Crippen LogP contribution in [0.5, 0.6) is 5.88 Å². The highest BCUT2D eigenvalue weighted by molar-refractivity contribution is 5.49. The quantitative estimate of drug-likeness (QED) is 0.811. The van der Waals surface area contributed by atoms with Gasteiger partial charge in [-0.15, -0.1) is 0 Å². The van der Waals surface area contributed by atoms with E-state index >= 15 is 0 Å². The highest BCUT2D eigenvalue weighted by Crippen LogP contribution is 2.32. The van der Waals surface area contributed by atoms with E-state index in [4.69, 9.17) is 10.5 Å². The molecule has 24 heavy (non-hydrogen) atoms. The Morgan fingerprint density at radius 2 is 2.04 bits per heavy atom. The molecule has 0 amide bonds. The molecule has 0 aliphatic carbocycles. The van der Waals surface area contributed by atoms with E-state index in [9.17, 15) is 17.6 Å². The lowest BCUT2D eigenvalue weighted by Crippen LogP contribution is -2.12. The maximum Gasteiger partial charge on any atom is 0.419 e. The number of pyridine rings is 1. The predicted molar refractivity (Wildman–Crippen MR) is 81.8 cm³/mol. The molecule has 2 rings (SSSR count). The molecule has 0 atom stereocenters. The van der Waals surface area contributed by atoms with E-state index in [0.29, 0.717) is 11.9 Å². The Kier molecular flexibility index (Phi) is 5.28. The van der Waals surface area contributed by atoms with Crippen LogP contribution in [-0.4, -0.2) is 11.6 Å². The molecule has 0 saturated heterocycles. The van der Waals surface area contributed by atoms with Crippen LogP contribution in [0.15, 0.2) is 48.4 Å². The minimum Gasteiger partial charge on any atom is -0.471 e. The normalized spacial score (nSPS) is 12.1. The molecule has 0 unspecified atom stereocenters. The summed E-state index contributed by atoms with van der Waals surface area (Å²) in [5, 5.41) is 2.58. The van der Waals surface area contributed by atoms with Gasteiger partial charge in [0.05, 0.1) is 11.3 Å². The van der Waals surface area contributed by atoms with E-state index in [2.05, 4.69) is 10.3 Å². The average Bonchev–Trinajstić information content (AvgIpc) is 2.52. The number of ether oxygens (including phenoxy) is 1. The van der Waals surface area contributed by atoms with Gasteiger partial charge in [-0.05, 0) is 30.7 Å². The fourth-order valence-corrected chi connectivity index (χ4v) is 1.75. The molecule has 0 aliphatic heterocycles. The molecule has 0 bridgehead atoms. The van der Waals surface area contributed by atoms with Crippen molar-refractivity contribution < 1.29 is 22.3 Å². The second-order valence-corrected chi connectivity index (χ2v) is 5.02. The van der Waals surface area contributed by atoms with Crippen LogP contribution in [0.2, 0.25) is 0 Å². The Hall–Kier alpha value is -2.77. The number of nitrogens with one attached hydrogen (secondary N) is 1. The third kappa shape index (κ3) is 4.87. The van der Waals surface area contributed by atoms with Crippen molar-refractivity contribution in [2.75, 3.05) is 11.9 Å². The smallest absolute Gasteiger partial charge is 0.419 e. The Balaban J connectivity index is 1.98. The van der Waals surface area contributed by atoms with Crippen LogP contribution in [-0.2, 0) is 6.18 Å². The number of aryl methyl sites for hydroxylation is 1. The molecule has 128 valence electrons. The number of alkyl halides is 3. The van der Waals surface area contributed by atoms with E-state index in [0.717, 1.165) is 11.6 Å². The van der Waals surface area contributed by atoms with Crippen molar-refractivity contribution >= 4 is 5.69 Å². The summed E-state index contributed by atoms with van der Waals surface area (Å²) in [6, 6.07) is 6.07. The van der Waals surface area contributed by atoms with Crippen LogP contribution in [0.4, 0.5) is 23.2 Å². The second kappa shape index (κ2) is 7.20. The van der Waals surface area contributed by atoms with Gasteiger partial charge in [0, 0.05) is 24.2 Å². The highest BCUT2D eigenvalue weighted by atomic mass is 19.4. The number of nitrogens with two attached hydrogens (primary N) is 1. The van der Waals surface area contributed by atoms with E-state index in [1.165, 1.54) is 12.3 Å². The van der Waals surface area contributed by atoms with Crippen LogP contribution in [0.25, 0.3) is 0 Å². The summed E-state index contributed by atoms with van der Waals surface area (Å²) in [7, 11) is 0. The number of hydrogen-bond donors (Lipinski definition) is 2. The van der Waals surface area contributed by atoms with Gasteiger partial charge >= 0.3 is 6.18 Å². The van der Waals surface area contributed by atoms with Crippen molar-refractivity contribution in [3.05, 3.63) is 65.4 Å². The first-order chi connectivity index (χ1) is 11.3. The summed E-state index contributed by atoms with van der Waals surface area (Å²) in [6.45, 7) is 1.88. The largest absolute Gasteiger partial charge is 0.471 e. The summed E-state index contributed by atoms with van der Waals surface area (Å²) in [5.74, 6) is -0.961. The number of anilines is 1. The monoisotopic (exact) mass is 341 g/mol. The third-order valence-electron chi connectivity index (χ3n) is 2.97. The standard InChI is InChI=1S/C16H15F4N3O/c1-10-2-5-15(23-7-10)24-9-11(21)8-22-12-3-4-14(17)13(6-12)16(18,19)20/h2-8,22H,9,21H2,1H3/b11-8-. The van der Waals surface area contributed by atoms with Crippen molar-refractivity contribution in [2.24, 2.45) is 5.73 Å². The molecular weight excluding hydrogens is 326 g/mol. The van der Waals surface area contributed by atoms with Gasteiger partial charge in [0.25, 0.3) is 0 Å². The maximum atomic E-state index is 13.2. The van der Waals surface area contributed by atoms with Crippen LogP contribution >= 0.6 is 0 Å². The molecule has 0 saturated carbocycles. The SMILES string of the molecule is Cc1ccc(OC/C(N)=C/Nc2ccc(F)c(C(F)(F)F)c2)nc1. The van der Waals surface area contributed by atoms with Crippen LogP contribution in [0, 0.1) is 12.7 Å². The molecule has 8 heteroatoms. The predicted octanol–water partition coefficient (Wildman–Crippen LogP) is 3.84. The van der Waals surface area contributed by atoms with Crippen molar-refractivity contribution in [3.63, 3.8) is 0 Å². The highest BCUT2D eigenvalue weighted by Gasteiger charge is 2.34. The maximum absolute atomic E-state index is 13.2. The minimum atomic E-state index is -4.77. The fraction of sp³-hybridized carbons (Fsp3) is 0.188. The van der Waals surface area contributed by atoms with Crippen LogP contribution in [0.1, 0.15) is 11.1 Å². The number of halogens is 4. The third-order valence-corrected chi connectivity index (χ3v) is 2.97. The zero-order valence-corrected chi connectivity index (χ0v) is 12.7. The van der Waals surface area contributed by atoms with E-state index in [-0.39, 0.29) is 18.0 Å². The molecule has 1 heterocycles. The van der Waals surface area contributed by atoms with Gasteiger partial charge in [-0.2, -0.15) is 13.2 Å². The first-order valence-electron chi connectivity index (χ1n) is 6.89. The molecular formula is C16H15F4N3O. The first kappa shape index (κ1) is 17.6. The molecule has 2 aromatic rings. The van der Waals surface area contributed by atoms with E-state index in [1.54, 1.807) is 12.3 Å². The Bertz CT molecular complexity index is 727. The van der Waals surface area contributed by atoms with Crippen LogP contribution in [0.3, 0.4) is 0 Å². The zero-order chi connectivity index (χ0) is 17.7. The zero-order valence-electron chi connectivity index (χ0n) is 12.7. The van der Waals surface area contributed by atoms with Gasteiger partial charge in [-0.1, -0.05) is 6.07 Å². The number of rotatable bonds is 5. The fourth-order valence-electron chi connectivity index (χ4n) is 1.75. The second-order valence-electron chi connectivity index (χ2n) is 5.02. The van der Waals surface area contributed by atoms with Gasteiger partial charge in [0.1, 0.15) is 12.4 Å². The number of benzene rings is 1. The molecule has 0 aliphatic rings. The van der Waals surface area contributed by atoms with Crippen molar-refractivity contribution in [2.45, 2.75) is 13.1 Å². The first-order valence-corrected chi connectivity index (χ1v) is 6.89. The molecule has 0 fully saturated rings. The van der Waals surface area contributed by atoms with Gasteiger partial charge < -0.3 is 15.8 Å².